The lowest BCUT2D eigenvalue weighted by atomic mass is 9.94. The molecule has 116 valence electrons. The smallest absolute Gasteiger partial charge is 0.200 e. The van der Waals surface area contributed by atoms with Gasteiger partial charge in [-0.15, -0.1) is 0 Å². The van der Waals surface area contributed by atoms with Gasteiger partial charge in [-0.2, -0.15) is 0 Å². The van der Waals surface area contributed by atoms with E-state index in [9.17, 15) is 25.5 Å². The molecule has 0 bridgehead atoms. The zero-order chi connectivity index (χ0) is 16.0. The van der Waals surface area contributed by atoms with Crippen LogP contribution >= 0.6 is 0 Å². The highest BCUT2D eigenvalue weighted by molar-refractivity contribution is 5.57. The maximum Gasteiger partial charge on any atom is 0.200 e. The first kappa shape index (κ1) is 14.2. The Labute approximate surface area is 126 Å². The third kappa shape index (κ3) is 2.13. The molecule has 0 spiro atoms. The second-order valence-corrected chi connectivity index (χ2v) is 5.40. The SMILES string of the molecule is Cc1c(O)cc(O)c2c1O[C@H](c1cc(O)c(O)c(O)c1)CC2. The summed E-state index contributed by atoms with van der Waals surface area (Å²) in [6, 6.07) is 3.93. The number of aromatic hydroxyl groups is 5. The molecule has 0 saturated carbocycles. The maximum absolute atomic E-state index is 9.89. The van der Waals surface area contributed by atoms with Crippen molar-refractivity contribution in [3.63, 3.8) is 0 Å². The molecule has 0 saturated heterocycles. The Morgan fingerprint density at radius 1 is 0.909 bits per heavy atom. The van der Waals surface area contributed by atoms with Gasteiger partial charge in [-0.3, -0.25) is 0 Å². The highest BCUT2D eigenvalue weighted by Crippen LogP contribution is 2.46. The van der Waals surface area contributed by atoms with Gasteiger partial charge in [-0.1, -0.05) is 0 Å². The van der Waals surface area contributed by atoms with Crippen LogP contribution in [0.5, 0.6) is 34.5 Å². The minimum atomic E-state index is -0.577. The fraction of sp³-hybridized carbons (Fsp3) is 0.250. The normalized spacial score (nSPS) is 16.9. The molecule has 1 atom stereocenters. The summed E-state index contributed by atoms with van der Waals surface area (Å²) in [6.45, 7) is 1.68. The van der Waals surface area contributed by atoms with Crippen molar-refractivity contribution in [2.24, 2.45) is 0 Å². The quantitative estimate of drug-likeness (QED) is 0.518. The van der Waals surface area contributed by atoms with Crippen LogP contribution in [-0.2, 0) is 6.42 Å². The van der Waals surface area contributed by atoms with Crippen LogP contribution in [0.2, 0.25) is 0 Å². The van der Waals surface area contributed by atoms with E-state index in [1.54, 1.807) is 6.92 Å². The standard InChI is InChI=1S/C16H16O6/c1-7-10(17)6-11(18)9-2-3-14(22-16(7)9)8-4-12(19)15(21)13(20)5-8/h4-6,14,17-21H,2-3H2,1H3/t14-/m0/s1. The summed E-state index contributed by atoms with van der Waals surface area (Å²) in [5.41, 5.74) is 1.64. The fourth-order valence-electron chi connectivity index (χ4n) is 2.71. The van der Waals surface area contributed by atoms with Crippen LogP contribution in [0.3, 0.4) is 0 Å². The van der Waals surface area contributed by atoms with Crippen LogP contribution in [0.15, 0.2) is 18.2 Å². The Hall–Kier alpha value is -2.76. The largest absolute Gasteiger partial charge is 0.507 e. The minimum absolute atomic E-state index is 0.0204. The molecule has 5 N–H and O–H groups in total. The van der Waals surface area contributed by atoms with E-state index >= 15 is 0 Å². The molecule has 0 aliphatic carbocycles. The molecule has 2 aromatic carbocycles. The topological polar surface area (TPSA) is 110 Å². The van der Waals surface area contributed by atoms with Crippen LogP contribution in [0, 0.1) is 6.92 Å². The van der Waals surface area contributed by atoms with E-state index in [4.69, 9.17) is 4.74 Å². The first-order valence-electron chi connectivity index (χ1n) is 6.84. The van der Waals surface area contributed by atoms with Gasteiger partial charge in [0.25, 0.3) is 0 Å². The predicted molar refractivity (Wildman–Crippen MR) is 77.6 cm³/mol. The van der Waals surface area contributed by atoms with Crippen molar-refractivity contribution in [2.45, 2.75) is 25.9 Å². The van der Waals surface area contributed by atoms with Crippen LogP contribution in [0.1, 0.15) is 29.2 Å². The Morgan fingerprint density at radius 3 is 2.18 bits per heavy atom. The van der Waals surface area contributed by atoms with Crippen molar-refractivity contribution in [3.05, 3.63) is 34.9 Å². The lowest BCUT2D eigenvalue weighted by molar-refractivity contribution is 0.171. The van der Waals surface area contributed by atoms with E-state index in [0.29, 0.717) is 35.3 Å². The second-order valence-electron chi connectivity index (χ2n) is 5.40. The van der Waals surface area contributed by atoms with Crippen molar-refractivity contribution in [2.75, 3.05) is 0 Å². The van der Waals surface area contributed by atoms with Gasteiger partial charge in [-0.05, 0) is 37.5 Å². The third-order valence-electron chi connectivity index (χ3n) is 3.96. The summed E-state index contributed by atoms with van der Waals surface area (Å²) in [5, 5.41) is 48.3. The third-order valence-corrected chi connectivity index (χ3v) is 3.96. The molecule has 1 aliphatic rings. The van der Waals surface area contributed by atoms with Crippen molar-refractivity contribution in [1.29, 1.82) is 0 Å². The second kappa shape index (κ2) is 4.91. The number of phenols is 5. The van der Waals surface area contributed by atoms with Gasteiger partial charge in [0.05, 0.1) is 0 Å². The highest BCUT2D eigenvalue weighted by atomic mass is 16.5. The monoisotopic (exact) mass is 304 g/mol. The Morgan fingerprint density at radius 2 is 1.55 bits per heavy atom. The minimum Gasteiger partial charge on any atom is -0.507 e. The summed E-state index contributed by atoms with van der Waals surface area (Å²) in [5.74, 6) is -1.12. The average Bonchev–Trinajstić information content (AvgIpc) is 2.49. The average molecular weight is 304 g/mol. The van der Waals surface area contributed by atoms with Gasteiger partial charge in [0.1, 0.15) is 23.4 Å². The number of ether oxygens (including phenoxy) is 1. The van der Waals surface area contributed by atoms with Crippen molar-refractivity contribution < 1.29 is 30.3 Å². The van der Waals surface area contributed by atoms with E-state index in [-0.39, 0.29) is 11.5 Å². The number of fused-ring (bicyclic) bond motifs is 1. The van der Waals surface area contributed by atoms with Gasteiger partial charge >= 0.3 is 0 Å². The van der Waals surface area contributed by atoms with E-state index in [2.05, 4.69) is 0 Å². The molecular formula is C16H16O6. The maximum atomic E-state index is 9.89. The molecule has 0 radical (unpaired) electrons. The van der Waals surface area contributed by atoms with E-state index in [1.807, 2.05) is 0 Å². The van der Waals surface area contributed by atoms with Gasteiger partial charge in [-0.25, -0.2) is 0 Å². The van der Waals surface area contributed by atoms with Crippen molar-refractivity contribution in [1.82, 2.24) is 0 Å². The lowest BCUT2D eigenvalue weighted by Gasteiger charge is -2.28. The summed E-state index contributed by atoms with van der Waals surface area (Å²) in [6.07, 6.45) is 0.578. The molecule has 6 heteroatoms. The predicted octanol–water partition coefficient (Wildman–Crippen LogP) is 2.59. The molecule has 2 aromatic rings. The highest BCUT2D eigenvalue weighted by Gasteiger charge is 2.27. The van der Waals surface area contributed by atoms with Crippen LogP contribution in [0.4, 0.5) is 0 Å². The first-order chi connectivity index (χ1) is 10.4. The number of rotatable bonds is 1. The molecule has 1 aliphatic heterocycles. The van der Waals surface area contributed by atoms with Crippen LogP contribution < -0.4 is 4.74 Å². The molecule has 6 nitrogen and oxygen atoms in total. The Kier molecular flexibility index (Phi) is 3.16. The molecule has 0 unspecified atom stereocenters. The molecule has 0 fully saturated rings. The van der Waals surface area contributed by atoms with E-state index in [0.717, 1.165) is 0 Å². The molecule has 3 rings (SSSR count). The number of benzene rings is 2. The Bertz CT molecular complexity index is 730. The van der Waals surface area contributed by atoms with E-state index < -0.39 is 23.4 Å². The molecule has 0 amide bonds. The van der Waals surface area contributed by atoms with Crippen molar-refractivity contribution >= 4 is 0 Å². The van der Waals surface area contributed by atoms with Gasteiger partial charge < -0.3 is 30.3 Å². The lowest BCUT2D eigenvalue weighted by Crippen LogP contribution is -2.16. The molecule has 0 aromatic heterocycles. The molecule has 22 heavy (non-hydrogen) atoms. The van der Waals surface area contributed by atoms with Gasteiger partial charge in [0.2, 0.25) is 0 Å². The molecular weight excluding hydrogens is 288 g/mol. The van der Waals surface area contributed by atoms with Crippen LogP contribution in [0.25, 0.3) is 0 Å². The summed E-state index contributed by atoms with van der Waals surface area (Å²) in [7, 11) is 0. The number of hydrogen-bond donors (Lipinski definition) is 5. The zero-order valence-corrected chi connectivity index (χ0v) is 11.9. The number of phenolic OH excluding ortho intramolecular Hbond substituents is 5. The van der Waals surface area contributed by atoms with Crippen molar-refractivity contribution in [3.8, 4) is 34.5 Å². The Balaban J connectivity index is 2.01. The van der Waals surface area contributed by atoms with Crippen LogP contribution in [-0.4, -0.2) is 25.5 Å². The molecule has 1 heterocycles. The first-order valence-corrected chi connectivity index (χ1v) is 6.84. The van der Waals surface area contributed by atoms with E-state index in [1.165, 1.54) is 18.2 Å². The van der Waals surface area contributed by atoms with Gasteiger partial charge in [0, 0.05) is 17.2 Å². The zero-order valence-electron chi connectivity index (χ0n) is 11.9. The summed E-state index contributed by atoms with van der Waals surface area (Å²) < 4.78 is 5.84. The number of hydrogen-bond acceptors (Lipinski definition) is 6. The summed E-state index contributed by atoms with van der Waals surface area (Å²) in [4.78, 5) is 0. The van der Waals surface area contributed by atoms with Gasteiger partial charge in [0.15, 0.2) is 17.2 Å². The fourth-order valence-corrected chi connectivity index (χ4v) is 2.71. The summed E-state index contributed by atoms with van der Waals surface area (Å²) >= 11 is 0.